The number of ether oxygens (including phenoxy) is 1. The van der Waals surface area contributed by atoms with Crippen LogP contribution in [0.15, 0.2) is 91.0 Å². The number of hydrogen-bond acceptors (Lipinski definition) is 4. The van der Waals surface area contributed by atoms with E-state index in [-0.39, 0.29) is 5.04 Å². The van der Waals surface area contributed by atoms with Gasteiger partial charge in [0.1, 0.15) is 6.10 Å². The summed E-state index contributed by atoms with van der Waals surface area (Å²) in [6.07, 6.45) is -2.41. The van der Waals surface area contributed by atoms with Crippen molar-refractivity contribution in [2.45, 2.75) is 58.0 Å². The summed E-state index contributed by atoms with van der Waals surface area (Å²) >= 11 is 0. The third-order valence-corrected chi connectivity index (χ3v) is 11.1. The molecule has 0 aliphatic heterocycles. The first-order valence-electron chi connectivity index (χ1n) is 11.9. The molecule has 3 aromatic carbocycles. The van der Waals surface area contributed by atoms with Crippen LogP contribution in [0.3, 0.4) is 0 Å². The summed E-state index contributed by atoms with van der Waals surface area (Å²) in [4.78, 5) is 11.6. The Bertz CT molecular complexity index is 1110. The Balaban J connectivity index is 1.98. The fourth-order valence-corrected chi connectivity index (χ4v) is 8.99. The summed E-state index contributed by atoms with van der Waals surface area (Å²) in [6.45, 7) is 9.77. The van der Waals surface area contributed by atoms with Crippen LogP contribution in [-0.2, 0) is 14.0 Å². The second-order valence-corrected chi connectivity index (χ2v) is 13.9. The molecule has 0 unspecified atom stereocenters. The predicted molar refractivity (Wildman–Crippen MR) is 143 cm³/mol. The van der Waals surface area contributed by atoms with Crippen molar-refractivity contribution in [2.75, 3.05) is 0 Å². The molecule has 3 aromatic rings. The zero-order valence-corrected chi connectivity index (χ0v) is 22.1. The summed E-state index contributed by atoms with van der Waals surface area (Å²) in [5, 5.41) is 13.1. The van der Waals surface area contributed by atoms with Crippen molar-refractivity contribution in [3.63, 3.8) is 0 Å². The number of benzene rings is 3. The van der Waals surface area contributed by atoms with Gasteiger partial charge in [-0.15, -0.1) is 0 Å². The summed E-state index contributed by atoms with van der Waals surface area (Å²) in [5.74, 6) is 5.40. The molecule has 3 atom stereocenters. The molecule has 0 aliphatic carbocycles. The lowest BCUT2D eigenvalue weighted by molar-refractivity contribution is -0.144. The highest BCUT2D eigenvalue weighted by atomic mass is 28.4. The Labute approximate surface area is 210 Å². The molecule has 0 aromatic heterocycles. The van der Waals surface area contributed by atoms with Crippen molar-refractivity contribution in [3.8, 4) is 11.8 Å². The third kappa shape index (κ3) is 6.29. The van der Waals surface area contributed by atoms with Crippen molar-refractivity contribution in [3.05, 3.63) is 96.6 Å². The smallest absolute Gasteiger partial charge is 0.304 e. The van der Waals surface area contributed by atoms with Crippen molar-refractivity contribution >= 4 is 24.7 Å². The van der Waals surface area contributed by atoms with E-state index in [9.17, 15) is 9.90 Å². The van der Waals surface area contributed by atoms with Crippen LogP contribution in [0, 0.1) is 11.8 Å². The number of hydrogen-bond donors (Lipinski definition) is 1. The second kappa shape index (κ2) is 11.5. The Hall–Kier alpha value is -3.17. The molecule has 0 saturated carbocycles. The average molecular weight is 487 g/mol. The van der Waals surface area contributed by atoms with Crippen LogP contribution in [0.1, 0.15) is 46.3 Å². The van der Waals surface area contributed by atoms with E-state index >= 15 is 0 Å². The van der Waals surface area contributed by atoms with Gasteiger partial charge in [-0.25, -0.2) is 0 Å². The van der Waals surface area contributed by atoms with Gasteiger partial charge in [-0.3, -0.25) is 4.79 Å². The van der Waals surface area contributed by atoms with Gasteiger partial charge in [0.05, 0.1) is 6.10 Å². The minimum Gasteiger partial charge on any atom is -0.444 e. The maximum atomic E-state index is 11.6. The van der Waals surface area contributed by atoms with Crippen LogP contribution < -0.4 is 10.4 Å². The van der Waals surface area contributed by atoms with Crippen LogP contribution in [0.25, 0.3) is 0 Å². The topological polar surface area (TPSA) is 55.8 Å². The zero-order chi connectivity index (χ0) is 25.5. The standard InChI is InChI=1S/C30H34O4Si/c1-23(28(32)21-22-29(33-24(2)31)25-15-9-6-10-16-25)34-35(30(3,4)5,26-17-11-7-12-18-26)27-19-13-8-14-20-27/h6-20,23,28-29,32H,1-5H3/t23-,28+,29+/m0/s1. The van der Waals surface area contributed by atoms with Crippen molar-refractivity contribution < 1.29 is 19.1 Å². The fourth-order valence-electron chi connectivity index (χ4n) is 4.29. The average Bonchev–Trinajstić information content (AvgIpc) is 2.85. The summed E-state index contributed by atoms with van der Waals surface area (Å²) in [7, 11) is -2.83. The van der Waals surface area contributed by atoms with Crippen LogP contribution >= 0.6 is 0 Å². The van der Waals surface area contributed by atoms with Crippen LogP contribution in [-0.4, -0.2) is 31.6 Å². The first-order valence-corrected chi connectivity index (χ1v) is 13.8. The molecule has 182 valence electrons. The summed E-state index contributed by atoms with van der Waals surface area (Å²) < 4.78 is 12.3. The molecule has 1 N–H and O–H groups in total. The Kier molecular flexibility index (Phi) is 8.69. The van der Waals surface area contributed by atoms with E-state index in [1.54, 1.807) is 0 Å². The van der Waals surface area contributed by atoms with Gasteiger partial charge in [-0.05, 0) is 22.3 Å². The molecule has 0 bridgehead atoms. The van der Waals surface area contributed by atoms with Gasteiger partial charge in [0.15, 0.2) is 6.10 Å². The quantitative estimate of drug-likeness (QED) is 0.301. The zero-order valence-electron chi connectivity index (χ0n) is 21.1. The van der Waals surface area contributed by atoms with Gasteiger partial charge in [-0.2, -0.15) is 0 Å². The van der Waals surface area contributed by atoms with E-state index in [0.717, 1.165) is 15.9 Å². The molecule has 4 nitrogen and oxygen atoms in total. The lowest BCUT2D eigenvalue weighted by Gasteiger charge is -2.45. The van der Waals surface area contributed by atoms with E-state index in [2.05, 4.69) is 56.9 Å². The maximum Gasteiger partial charge on any atom is 0.304 e. The van der Waals surface area contributed by atoms with Gasteiger partial charge in [0.25, 0.3) is 8.32 Å². The van der Waals surface area contributed by atoms with Gasteiger partial charge >= 0.3 is 5.97 Å². The second-order valence-electron chi connectivity index (χ2n) is 9.62. The molecule has 3 rings (SSSR count). The molecule has 0 saturated heterocycles. The van der Waals surface area contributed by atoms with Gasteiger partial charge in [-0.1, -0.05) is 124 Å². The van der Waals surface area contributed by atoms with Gasteiger partial charge in [0, 0.05) is 12.5 Å². The highest BCUT2D eigenvalue weighted by Gasteiger charge is 2.51. The van der Waals surface area contributed by atoms with Crippen LogP contribution in [0.2, 0.25) is 5.04 Å². The number of carbonyl (C=O) groups excluding carboxylic acids is 1. The van der Waals surface area contributed by atoms with Crippen molar-refractivity contribution in [2.24, 2.45) is 0 Å². The number of aliphatic hydroxyl groups is 1. The minimum atomic E-state index is -2.83. The first kappa shape index (κ1) is 26.4. The van der Waals surface area contributed by atoms with E-state index in [1.165, 1.54) is 6.92 Å². The summed E-state index contributed by atoms with van der Waals surface area (Å²) in [5.41, 5.74) is 0.753. The molecule has 0 fully saturated rings. The largest absolute Gasteiger partial charge is 0.444 e. The minimum absolute atomic E-state index is 0.221. The molecule has 0 aliphatic rings. The van der Waals surface area contributed by atoms with Crippen LogP contribution in [0.4, 0.5) is 0 Å². The Morgan fingerprint density at radius 2 is 1.29 bits per heavy atom. The maximum absolute atomic E-state index is 11.6. The first-order chi connectivity index (χ1) is 16.6. The number of rotatable bonds is 7. The lowest BCUT2D eigenvalue weighted by atomic mass is 10.1. The van der Waals surface area contributed by atoms with Crippen molar-refractivity contribution in [1.29, 1.82) is 0 Å². The normalized spacial score (nSPS) is 14.2. The molecule has 0 spiro atoms. The molecule has 0 radical (unpaired) electrons. The number of carbonyl (C=O) groups is 1. The Morgan fingerprint density at radius 1 is 0.829 bits per heavy atom. The summed E-state index contributed by atoms with van der Waals surface area (Å²) in [6, 6.07) is 29.9. The Morgan fingerprint density at radius 3 is 1.71 bits per heavy atom. The van der Waals surface area contributed by atoms with E-state index in [0.29, 0.717) is 0 Å². The van der Waals surface area contributed by atoms with E-state index in [4.69, 9.17) is 9.16 Å². The van der Waals surface area contributed by atoms with Gasteiger partial charge in [0.2, 0.25) is 0 Å². The van der Waals surface area contributed by atoms with E-state index < -0.39 is 32.6 Å². The molecule has 35 heavy (non-hydrogen) atoms. The highest BCUT2D eigenvalue weighted by Crippen LogP contribution is 2.37. The molecular formula is C30H34O4Si. The molecule has 0 amide bonds. The number of esters is 1. The lowest BCUT2D eigenvalue weighted by Crippen LogP contribution is -2.68. The van der Waals surface area contributed by atoms with Crippen molar-refractivity contribution in [1.82, 2.24) is 0 Å². The molecule has 5 heteroatoms. The number of aliphatic hydroxyl groups excluding tert-OH is 1. The monoisotopic (exact) mass is 486 g/mol. The highest BCUT2D eigenvalue weighted by molar-refractivity contribution is 6.99. The predicted octanol–water partition coefficient (Wildman–Crippen LogP) is 4.62. The SMILES string of the molecule is CC(=O)O[C@H](C#C[C@@H](O)[C@H](C)O[Si](c1ccccc1)(c1ccccc1)C(C)(C)C)c1ccccc1. The molecular weight excluding hydrogens is 452 g/mol. The van der Waals surface area contributed by atoms with Crippen LogP contribution in [0.5, 0.6) is 0 Å². The third-order valence-electron chi connectivity index (χ3n) is 5.97. The van der Waals surface area contributed by atoms with Gasteiger partial charge < -0.3 is 14.3 Å². The molecule has 0 heterocycles. The van der Waals surface area contributed by atoms with E-state index in [1.807, 2.05) is 73.7 Å². The fraction of sp³-hybridized carbons (Fsp3) is 0.300.